The number of nitrogens with zero attached hydrogens (tertiary/aromatic N) is 3. The van der Waals surface area contributed by atoms with Crippen molar-refractivity contribution < 1.29 is 13.5 Å². The third-order valence-corrected chi connectivity index (χ3v) is 4.93. The van der Waals surface area contributed by atoms with E-state index in [0.717, 1.165) is 12.8 Å². The molecule has 2 heterocycles. The number of rotatable bonds is 5. The lowest BCUT2D eigenvalue weighted by Crippen LogP contribution is -2.46. The van der Waals surface area contributed by atoms with Gasteiger partial charge in [-0.3, -0.25) is 0 Å². The smallest absolute Gasteiger partial charge is 0.279 e. The van der Waals surface area contributed by atoms with E-state index in [1.54, 1.807) is 17.0 Å². The van der Waals surface area contributed by atoms with Crippen molar-refractivity contribution in [3.8, 4) is 0 Å². The van der Waals surface area contributed by atoms with Gasteiger partial charge < -0.3 is 9.67 Å². The van der Waals surface area contributed by atoms with E-state index in [2.05, 4.69) is 9.71 Å². The zero-order chi connectivity index (χ0) is 13.9. The van der Waals surface area contributed by atoms with Crippen LogP contribution in [0.5, 0.6) is 0 Å². The van der Waals surface area contributed by atoms with Crippen molar-refractivity contribution in [1.29, 1.82) is 0 Å². The Morgan fingerprint density at radius 2 is 2.37 bits per heavy atom. The predicted molar refractivity (Wildman–Crippen MR) is 70.4 cm³/mol. The van der Waals surface area contributed by atoms with Crippen LogP contribution in [0.1, 0.15) is 18.7 Å². The average Bonchev–Trinajstić information content (AvgIpc) is 2.82. The van der Waals surface area contributed by atoms with E-state index in [-0.39, 0.29) is 19.1 Å². The van der Waals surface area contributed by atoms with Crippen molar-refractivity contribution >= 4 is 10.2 Å². The monoisotopic (exact) mass is 288 g/mol. The lowest BCUT2D eigenvalue weighted by atomic mass is 10.0. The number of aliphatic hydroxyl groups is 1. The first kappa shape index (κ1) is 14.4. The highest BCUT2D eigenvalue weighted by Crippen LogP contribution is 2.18. The van der Waals surface area contributed by atoms with E-state index in [1.165, 1.54) is 4.31 Å². The molecule has 1 unspecified atom stereocenters. The Kier molecular flexibility index (Phi) is 4.56. The molecule has 108 valence electrons. The van der Waals surface area contributed by atoms with Crippen LogP contribution < -0.4 is 4.72 Å². The molecule has 0 aromatic carbocycles. The summed E-state index contributed by atoms with van der Waals surface area (Å²) < 4.78 is 30.0. The summed E-state index contributed by atoms with van der Waals surface area (Å²) in [6.07, 6.45) is 5.06. The molecular weight excluding hydrogens is 268 g/mol. The first-order chi connectivity index (χ1) is 9.03. The lowest BCUT2D eigenvalue weighted by Gasteiger charge is -2.30. The maximum atomic E-state index is 12.1. The highest BCUT2D eigenvalue weighted by molar-refractivity contribution is 7.87. The van der Waals surface area contributed by atoms with Crippen molar-refractivity contribution in [3.63, 3.8) is 0 Å². The van der Waals surface area contributed by atoms with Gasteiger partial charge in [0, 0.05) is 39.1 Å². The summed E-state index contributed by atoms with van der Waals surface area (Å²) in [5.41, 5.74) is 0. The summed E-state index contributed by atoms with van der Waals surface area (Å²) in [4.78, 5) is 4.07. The Balaban J connectivity index is 1.96. The molecule has 1 atom stereocenters. The van der Waals surface area contributed by atoms with Crippen molar-refractivity contribution in [1.82, 2.24) is 18.6 Å². The Morgan fingerprint density at radius 1 is 1.58 bits per heavy atom. The molecule has 0 radical (unpaired) electrons. The van der Waals surface area contributed by atoms with Gasteiger partial charge >= 0.3 is 0 Å². The molecule has 7 nitrogen and oxygen atoms in total. The van der Waals surface area contributed by atoms with Crippen LogP contribution in [0.25, 0.3) is 0 Å². The largest absolute Gasteiger partial charge is 0.396 e. The van der Waals surface area contributed by atoms with Gasteiger partial charge in [0.05, 0.1) is 6.54 Å². The van der Waals surface area contributed by atoms with Gasteiger partial charge in [-0.1, -0.05) is 0 Å². The maximum absolute atomic E-state index is 12.1. The Hall–Kier alpha value is -0.960. The number of piperidine rings is 1. The van der Waals surface area contributed by atoms with Crippen LogP contribution in [-0.4, -0.2) is 47.1 Å². The highest BCUT2D eigenvalue weighted by Gasteiger charge is 2.28. The second kappa shape index (κ2) is 6.00. The van der Waals surface area contributed by atoms with E-state index in [9.17, 15) is 8.42 Å². The minimum absolute atomic E-state index is 0.0331. The third kappa shape index (κ3) is 3.53. The number of hydrogen-bond acceptors (Lipinski definition) is 4. The van der Waals surface area contributed by atoms with Gasteiger partial charge in [0.15, 0.2) is 0 Å². The molecule has 1 aliphatic rings. The van der Waals surface area contributed by atoms with Gasteiger partial charge in [0.1, 0.15) is 5.82 Å². The van der Waals surface area contributed by atoms with Crippen LogP contribution in [0.15, 0.2) is 12.4 Å². The van der Waals surface area contributed by atoms with Crippen LogP contribution in [-0.2, 0) is 23.8 Å². The molecular formula is C11H20N4O3S. The summed E-state index contributed by atoms with van der Waals surface area (Å²) >= 11 is 0. The zero-order valence-corrected chi connectivity index (χ0v) is 11.8. The fourth-order valence-electron chi connectivity index (χ4n) is 2.21. The average molecular weight is 288 g/mol. The molecule has 0 bridgehead atoms. The van der Waals surface area contributed by atoms with Gasteiger partial charge in [-0.15, -0.1) is 0 Å². The molecule has 8 heteroatoms. The van der Waals surface area contributed by atoms with Crippen LogP contribution in [0, 0.1) is 5.92 Å². The summed E-state index contributed by atoms with van der Waals surface area (Å²) in [5, 5.41) is 9.14. The van der Waals surface area contributed by atoms with Crippen molar-refractivity contribution in [2.24, 2.45) is 13.0 Å². The molecule has 1 aromatic heterocycles. The van der Waals surface area contributed by atoms with Crippen molar-refractivity contribution in [2.45, 2.75) is 19.4 Å². The molecule has 0 amide bonds. The molecule has 1 fully saturated rings. The number of aryl methyl sites for hydroxylation is 1. The molecule has 1 aromatic rings. The minimum Gasteiger partial charge on any atom is -0.396 e. The molecule has 1 saturated heterocycles. The topological polar surface area (TPSA) is 87.5 Å². The van der Waals surface area contributed by atoms with E-state index >= 15 is 0 Å². The van der Waals surface area contributed by atoms with Crippen molar-refractivity contribution in [2.75, 3.05) is 19.7 Å². The van der Waals surface area contributed by atoms with Gasteiger partial charge in [0.25, 0.3) is 10.2 Å². The summed E-state index contributed by atoms with van der Waals surface area (Å²) in [7, 11) is -1.68. The fraction of sp³-hybridized carbons (Fsp3) is 0.727. The van der Waals surface area contributed by atoms with Gasteiger partial charge in [-0.2, -0.15) is 17.4 Å². The van der Waals surface area contributed by atoms with Crippen LogP contribution in [0.2, 0.25) is 0 Å². The Morgan fingerprint density at radius 3 is 3.00 bits per heavy atom. The van der Waals surface area contributed by atoms with Gasteiger partial charge in [-0.25, -0.2) is 4.98 Å². The van der Waals surface area contributed by atoms with Crippen LogP contribution >= 0.6 is 0 Å². The van der Waals surface area contributed by atoms with Gasteiger partial charge in [0.2, 0.25) is 0 Å². The third-order valence-electron chi connectivity index (χ3n) is 3.41. The van der Waals surface area contributed by atoms with Crippen LogP contribution in [0.4, 0.5) is 0 Å². The second-order valence-corrected chi connectivity index (χ2v) is 6.58. The van der Waals surface area contributed by atoms with Gasteiger partial charge in [-0.05, 0) is 18.8 Å². The first-order valence-electron chi connectivity index (χ1n) is 6.34. The maximum Gasteiger partial charge on any atom is 0.279 e. The first-order valence-corrected chi connectivity index (χ1v) is 7.78. The summed E-state index contributed by atoms with van der Waals surface area (Å²) in [6, 6.07) is 0. The molecule has 1 aliphatic heterocycles. The Bertz CT molecular complexity index is 514. The number of nitrogens with one attached hydrogen (secondary N) is 1. The van der Waals surface area contributed by atoms with E-state index in [1.807, 2.05) is 7.05 Å². The molecule has 2 N–H and O–H groups in total. The predicted octanol–water partition coefficient (Wildman–Crippen LogP) is -0.541. The van der Waals surface area contributed by atoms with E-state index in [4.69, 9.17) is 5.11 Å². The quantitative estimate of drug-likeness (QED) is 0.761. The number of hydrogen-bond donors (Lipinski definition) is 2. The number of aliphatic hydroxyl groups excluding tert-OH is 1. The minimum atomic E-state index is -3.50. The lowest BCUT2D eigenvalue weighted by molar-refractivity contribution is 0.164. The number of imidazole rings is 1. The highest BCUT2D eigenvalue weighted by atomic mass is 32.2. The SMILES string of the molecule is Cn1ccnc1CNS(=O)(=O)N1CCCC(CO)C1. The standard InChI is InChI=1S/C11H20N4O3S/c1-14-6-4-12-11(14)7-13-19(17,18)15-5-2-3-10(8-15)9-16/h4,6,10,13,16H,2-3,5,7-9H2,1H3. The second-order valence-electron chi connectivity index (χ2n) is 4.83. The van der Waals surface area contributed by atoms with E-state index < -0.39 is 10.2 Å². The summed E-state index contributed by atoms with van der Waals surface area (Å²) in [5.74, 6) is 0.706. The zero-order valence-electron chi connectivity index (χ0n) is 11.0. The molecule has 0 spiro atoms. The molecule has 19 heavy (non-hydrogen) atoms. The molecule has 2 rings (SSSR count). The van der Waals surface area contributed by atoms with Crippen LogP contribution in [0.3, 0.4) is 0 Å². The van der Waals surface area contributed by atoms with E-state index in [0.29, 0.717) is 18.9 Å². The molecule has 0 saturated carbocycles. The van der Waals surface area contributed by atoms with Crippen molar-refractivity contribution in [3.05, 3.63) is 18.2 Å². The number of aromatic nitrogens is 2. The summed E-state index contributed by atoms with van der Waals surface area (Å²) in [6.45, 7) is 1.09. The fourth-order valence-corrected chi connectivity index (χ4v) is 3.48. The normalized spacial score (nSPS) is 21.7. The molecule has 0 aliphatic carbocycles. The Labute approximate surface area is 113 Å².